The SMILES string of the molecule is Cc1ccc(N(CCCC(=O)NC(C)COc2ccccc2C)S(C)(=O)=O)cc1. The summed E-state index contributed by atoms with van der Waals surface area (Å²) in [6.45, 7) is 6.42. The maximum Gasteiger partial charge on any atom is 0.232 e. The molecule has 1 N–H and O–H groups in total. The zero-order chi connectivity index (χ0) is 21.4. The van der Waals surface area contributed by atoms with E-state index < -0.39 is 10.0 Å². The highest BCUT2D eigenvalue weighted by Gasteiger charge is 2.18. The number of aryl methyl sites for hydroxylation is 2. The van der Waals surface area contributed by atoms with Crippen LogP contribution >= 0.6 is 0 Å². The van der Waals surface area contributed by atoms with Gasteiger partial charge in [-0.2, -0.15) is 0 Å². The molecule has 6 nitrogen and oxygen atoms in total. The predicted octanol–water partition coefficient (Wildman–Crippen LogP) is 3.43. The molecular formula is C22H30N2O4S. The standard InChI is InChI=1S/C22H30N2O4S/c1-17-11-13-20(14-12-17)24(29(4,26)27)15-7-10-22(25)23-19(3)16-28-21-9-6-5-8-18(21)2/h5-6,8-9,11-14,19H,7,10,15-16H2,1-4H3,(H,23,25). The van der Waals surface area contributed by atoms with Crippen LogP contribution < -0.4 is 14.4 Å². The molecule has 2 aromatic rings. The van der Waals surface area contributed by atoms with Crippen LogP contribution in [0.25, 0.3) is 0 Å². The van der Waals surface area contributed by atoms with E-state index in [-0.39, 0.29) is 24.9 Å². The molecule has 0 spiro atoms. The van der Waals surface area contributed by atoms with Crippen LogP contribution in [0.15, 0.2) is 48.5 Å². The molecule has 1 unspecified atom stereocenters. The maximum atomic E-state index is 12.2. The molecule has 2 rings (SSSR count). The van der Waals surface area contributed by atoms with Crippen molar-refractivity contribution in [1.29, 1.82) is 0 Å². The van der Waals surface area contributed by atoms with Crippen molar-refractivity contribution in [2.45, 2.75) is 39.7 Å². The monoisotopic (exact) mass is 418 g/mol. The second kappa shape index (κ2) is 10.3. The number of carbonyl (C=O) groups is 1. The highest BCUT2D eigenvalue weighted by molar-refractivity contribution is 7.92. The number of hydrogen-bond donors (Lipinski definition) is 1. The number of ether oxygens (including phenoxy) is 1. The fraction of sp³-hybridized carbons (Fsp3) is 0.409. The van der Waals surface area contributed by atoms with Gasteiger partial charge in [-0.1, -0.05) is 35.9 Å². The molecule has 0 bridgehead atoms. The summed E-state index contributed by atoms with van der Waals surface area (Å²) in [5, 5.41) is 2.90. The van der Waals surface area contributed by atoms with Crippen molar-refractivity contribution in [2.75, 3.05) is 23.7 Å². The van der Waals surface area contributed by atoms with Crippen molar-refractivity contribution >= 4 is 21.6 Å². The number of anilines is 1. The number of amides is 1. The molecule has 0 aliphatic rings. The molecule has 0 saturated heterocycles. The van der Waals surface area contributed by atoms with Crippen LogP contribution in [0.3, 0.4) is 0 Å². The van der Waals surface area contributed by atoms with Crippen molar-refractivity contribution in [3.63, 3.8) is 0 Å². The molecular weight excluding hydrogens is 388 g/mol. The Balaban J connectivity index is 1.81. The highest BCUT2D eigenvalue weighted by Crippen LogP contribution is 2.19. The summed E-state index contributed by atoms with van der Waals surface area (Å²) in [7, 11) is -3.41. The average Bonchev–Trinajstić information content (AvgIpc) is 2.64. The Hall–Kier alpha value is -2.54. The molecule has 1 amide bonds. The van der Waals surface area contributed by atoms with Crippen LogP contribution in [0.5, 0.6) is 5.75 Å². The van der Waals surface area contributed by atoms with Gasteiger partial charge in [0.05, 0.1) is 18.0 Å². The highest BCUT2D eigenvalue weighted by atomic mass is 32.2. The quantitative estimate of drug-likeness (QED) is 0.641. The molecule has 0 heterocycles. The largest absolute Gasteiger partial charge is 0.491 e. The zero-order valence-electron chi connectivity index (χ0n) is 17.5. The summed E-state index contributed by atoms with van der Waals surface area (Å²) in [5.74, 6) is 0.679. The van der Waals surface area contributed by atoms with Crippen LogP contribution in [0.2, 0.25) is 0 Å². The summed E-state index contributed by atoms with van der Waals surface area (Å²) in [6, 6.07) is 14.9. The van der Waals surface area contributed by atoms with Crippen LogP contribution in [0, 0.1) is 13.8 Å². The van der Waals surface area contributed by atoms with E-state index in [9.17, 15) is 13.2 Å². The predicted molar refractivity (Wildman–Crippen MR) is 117 cm³/mol. The molecule has 0 fully saturated rings. The minimum atomic E-state index is -3.41. The van der Waals surface area contributed by atoms with Crippen LogP contribution in [-0.2, 0) is 14.8 Å². The summed E-state index contributed by atoms with van der Waals surface area (Å²) >= 11 is 0. The first kappa shape index (κ1) is 22.7. The van der Waals surface area contributed by atoms with Crippen molar-refractivity contribution in [1.82, 2.24) is 5.32 Å². The van der Waals surface area contributed by atoms with Gasteiger partial charge < -0.3 is 10.1 Å². The second-order valence-corrected chi connectivity index (χ2v) is 9.23. The summed E-state index contributed by atoms with van der Waals surface area (Å²) in [5.41, 5.74) is 2.71. The van der Waals surface area contributed by atoms with Gasteiger partial charge in [0.25, 0.3) is 0 Å². The number of carbonyl (C=O) groups excluding carboxylic acids is 1. The number of hydrogen-bond acceptors (Lipinski definition) is 4. The smallest absolute Gasteiger partial charge is 0.232 e. The van der Waals surface area contributed by atoms with E-state index >= 15 is 0 Å². The third kappa shape index (κ3) is 7.42. The van der Waals surface area contributed by atoms with E-state index in [1.807, 2.05) is 57.2 Å². The Morgan fingerprint density at radius 1 is 1.10 bits per heavy atom. The van der Waals surface area contributed by atoms with E-state index in [0.717, 1.165) is 16.9 Å². The third-order valence-corrected chi connectivity index (χ3v) is 5.67. The Morgan fingerprint density at radius 2 is 1.76 bits per heavy atom. The maximum absolute atomic E-state index is 12.2. The van der Waals surface area contributed by atoms with Gasteiger partial charge in [0.15, 0.2) is 0 Å². The van der Waals surface area contributed by atoms with Crippen molar-refractivity contribution < 1.29 is 17.9 Å². The van der Waals surface area contributed by atoms with Gasteiger partial charge in [0.1, 0.15) is 12.4 Å². The zero-order valence-corrected chi connectivity index (χ0v) is 18.3. The fourth-order valence-electron chi connectivity index (χ4n) is 2.90. The molecule has 0 saturated carbocycles. The van der Waals surface area contributed by atoms with Crippen LogP contribution in [0.4, 0.5) is 5.69 Å². The summed E-state index contributed by atoms with van der Waals surface area (Å²) < 4.78 is 31.3. The topological polar surface area (TPSA) is 75.7 Å². The molecule has 1 atom stereocenters. The summed E-state index contributed by atoms with van der Waals surface area (Å²) in [6.07, 6.45) is 1.85. The van der Waals surface area contributed by atoms with E-state index in [1.54, 1.807) is 12.1 Å². The molecule has 0 aromatic heterocycles. The van der Waals surface area contributed by atoms with E-state index in [2.05, 4.69) is 5.32 Å². The van der Waals surface area contributed by atoms with Gasteiger partial charge in [0, 0.05) is 13.0 Å². The van der Waals surface area contributed by atoms with E-state index in [4.69, 9.17) is 4.74 Å². The lowest BCUT2D eigenvalue weighted by Crippen LogP contribution is -2.37. The number of nitrogens with one attached hydrogen (secondary N) is 1. The number of para-hydroxylation sites is 1. The van der Waals surface area contributed by atoms with Gasteiger partial charge in [0.2, 0.25) is 15.9 Å². The minimum absolute atomic E-state index is 0.122. The van der Waals surface area contributed by atoms with Crippen molar-refractivity contribution in [2.24, 2.45) is 0 Å². The first-order valence-corrected chi connectivity index (χ1v) is 11.5. The Morgan fingerprint density at radius 3 is 2.38 bits per heavy atom. The lowest BCUT2D eigenvalue weighted by atomic mass is 10.2. The lowest BCUT2D eigenvalue weighted by Gasteiger charge is -2.22. The number of sulfonamides is 1. The molecule has 29 heavy (non-hydrogen) atoms. The molecule has 158 valence electrons. The van der Waals surface area contributed by atoms with Crippen molar-refractivity contribution in [3.05, 3.63) is 59.7 Å². The molecule has 0 radical (unpaired) electrons. The number of benzene rings is 2. The minimum Gasteiger partial charge on any atom is -0.491 e. The second-order valence-electron chi connectivity index (χ2n) is 7.32. The van der Waals surface area contributed by atoms with Gasteiger partial charge in [-0.05, 0) is 51.0 Å². The molecule has 0 aliphatic carbocycles. The van der Waals surface area contributed by atoms with E-state index in [0.29, 0.717) is 18.7 Å². The number of nitrogens with zero attached hydrogens (tertiary/aromatic N) is 1. The Bertz CT molecular complexity index is 911. The van der Waals surface area contributed by atoms with Gasteiger partial charge in [-0.15, -0.1) is 0 Å². The van der Waals surface area contributed by atoms with Gasteiger partial charge >= 0.3 is 0 Å². The Kier molecular flexibility index (Phi) is 8.08. The van der Waals surface area contributed by atoms with Gasteiger partial charge in [-0.25, -0.2) is 8.42 Å². The summed E-state index contributed by atoms with van der Waals surface area (Å²) in [4.78, 5) is 12.2. The molecule has 0 aliphatic heterocycles. The fourth-order valence-corrected chi connectivity index (χ4v) is 3.87. The third-order valence-electron chi connectivity index (χ3n) is 4.48. The van der Waals surface area contributed by atoms with Crippen molar-refractivity contribution in [3.8, 4) is 5.75 Å². The van der Waals surface area contributed by atoms with Crippen LogP contribution in [0.1, 0.15) is 30.9 Å². The molecule has 7 heteroatoms. The molecule has 2 aromatic carbocycles. The first-order chi connectivity index (χ1) is 13.7. The first-order valence-electron chi connectivity index (χ1n) is 9.69. The Labute approximate surface area is 173 Å². The van der Waals surface area contributed by atoms with Gasteiger partial charge in [-0.3, -0.25) is 9.10 Å². The average molecular weight is 419 g/mol. The number of rotatable bonds is 10. The normalized spacial score (nSPS) is 12.3. The van der Waals surface area contributed by atoms with Crippen LogP contribution in [-0.4, -0.2) is 39.8 Å². The van der Waals surface area contributed by atoms with E-state index in [1.165, 1.54) is 10.6 Å². The lowest BCUT2D eigenvalue weighted by molar-refractivity contribution is -0.121.